The molecule has 6 heteroatoms. The highest BCUT2D eigenvalue weighted by Crippen LogP contribution is 2.25. The average molecular weight is 201 g/mol. The third kappa shape index (κ3) is 2.06. The lowest BCUT2D eigenvalue weighted by Gasteiger charge is -2.11. The first-order chi connectivity index (χ1) is 6.02. The van der Waals surface area contributed by atoms with Crippen molar-refractivity contribution in [1.82, 2.24) is 4.98 Å². The van der Waals surface area contributed by atoms with E-state index in [-0.39, 0.29) is 10.7 Å². The van der Waals surface area contributed by atoms with Gasteiger partial charge in [0.05, 0.1) is 9.95 Å². The van der Waals surface area contributed by atoms with Crippen LogP contribution in [-0.2, 0) is 0 Å². The van der Waals surface area contributed by atoms with Crippen LogP contribution in [0.4, 0.5) is 11.5 Å². The first-order valence-corrected chi connectivity index (χ1v) is 3.74. The molecule has 0 aliphatic carbocycles. The molecule has 69 valence electrons. The summed E-state index contributed by atoms with van der Waals surface area (Å²) in [6.07, 6.45) is 1.14. The molecular weight excluding hydrogens is 194 g/mol. The van der Waals surface area contributed by atoms with Gasteiger partial charge in [0, 0.05) is 20.2 Å². The molecule has 0 atom stereocenters. The van der Waals surface area contributed by atoms with Gasteiger partial charge in [-0.1, -0.05) is 11.6 Å². The zero-order chi connectivity index (χ0) is 10.0. The predicted octanol–water partition coefficient (Wildman–Crippen LogP) is 1.87. The van der Waals surface area contributed by atoms with E-state index in [0.29, 0.717) is 5.82 Å². The minimum atomic E-state index is -0.550. The van der Waals surface area contributed by atoms with Crippen LogP contribution in [0.1, 0.15) is 0 Å². The van der Waals surface area contributed by atoms with E-state index in [1.165, 1.54) is 11.0 Å². The van der Waals surface area contributed by atoms with Crippen molar-refractivity contribution in [3.8, 4) is 0 Å². The summed E-state index contributed by atoms with van der Waals surface area (Å²) in [6, 6.07) is 1.24. The van der Waals surface area contributed by atoms with Gasteiger partial charge in [-0.15, -0.1) is 0 Å². The number of rotatable bonds is 2. The van der Waals surface area contributed by atoms with Gasteiger partial charge in [0.1, 0.15) is 12.0 Å². The lowest BCUT2D eigenvalue weighted by Crippen LogP contribution is -2.08. The molecule has 0 N–H and O–H groups in total. The predicted molar refractivity (Wildman–Crippen MR) is 49.7 cm³/mol. The average Bonchev–Trinajstić information content (AvgIpc) is 2.03. The highest BCUT2D eigenvalue weighted by Gasteiger charge is 2.11. The molecular formula is C7H7ClN3O2. The van der Waals surface area contributed by atoms with Crippen molar-refractivity contribution < 1.29 is 4.92 Å². The van der Waals surface area contributed by atoms with E-state index in [9.17, 15) is 10.1 Å². The molecule has 0 bridgehead atoms. The Morgan fingerprint density at radius 1 is 1.77 bits per heavy atom. The molecule has 0 aromatic carbocycles. The van der Waals surface area contributed by atoms with Gasteiger partial charge < -0.3 is 4.90 Å². The van der Waals surface area contributed by atoms with Gasteiger partial charge in [0.2, 0.25) is 0 Å². The molecule has 0 unspecified atom stereocenters. The van der Waals surface area contributed by atoms with E-state index in [1.807, 2.05) is 0 Å². The summed E-state index contributed by atoms with van der Waals surface area (Å²) in [5.41, 5.74) is -0.129. The Balaban J connectivity index is 3.13. The third-order valence-corrected chi connectivity index (χ3v) is 1.66. The van der Waals surface area contributed by atoms with Crippen molar-refractivity contribution >= 4 is 23.1 Å². The Labute approximate surface area is 80.1 Å². The Bertz CT molecular complexity index is 341. The Kier molecular flexibility index (Phi) is 2.67. The van der Waals surface area contributed by atoms with Crippen LogP contribution in [0, 0.1) is 17.2 Å². The summed E-state index contributed by atoms with van der Waals surface area (Å²) in [6.45, 7) is 0. The molecule has 0 saturated heterocycles. The van der Waals surface area contributed by atoms with E-state index in [1.54, 1.807) is 7.05 Å². The van der Waals surface area contributed by atoms with E-state index < -0.39 is 4.92 Å². The standard InChI is InChI=1S/C7H7ClN3O2/c1-10(2)7-6(8)3-5(4-9-7)11(12)13/h3-4H,1H2,2H3. The van der Waals surface area contributed by atoms with Crippen LogP contribution >= 0.6 is 11.6 Å². The van der Waals surface area contributed by atoms with Crippen LogP contribution < -0.4 is 4.90 Å². The smallest absolute Gasteiger partial charge is 0.289 e. The van der Waals surface area contributed by atoms with E-state index in [4.69, 9.17) is 11.6 Å². The molecule has 0 aliphatic rings. The van der Waals surface area contributed by atoms with Crippen molar-refractivity contribution in [3.63, 3.8) is 0 Å². The molecule has 0 spiro atoms. The maximum Gasteiger partial charge on any atom is 0.289 e. The van der Waals surface area contributed by atoms with Crippen molar-refractivity contribution in [2.24, 2.45) is 0 Å². The molecule has 0 saturated carbocycles. The number of pyridine rings is 1. The molecule has 1 rings (SSSR count). The highest BCUT2D eigenvalue weighted by atomic mass is 35.5. The number of anilines is 1. The molecule has 1 aromatic heterocycles. The topological polar surface area (TPSA) is 59.3 Å². The summed E-state index contributed by atoms with van der Waals surface area (Å²) in [4.78, 5) is 15.0. The minimum absolute atomic E-state index is 0.129. The number of aromatic nitrogens is 1. The van der Waals surface area contributed by atoms with Gasteiger partial charge >= 0.3 is 0 Å². The Hall–Kier alpha value is -1.36. The van der Waals surface area contributed by atoms with Crippen molar-refractivity contribution in [1.29, 1.82) is 0 Å². The first kappa shape index (κ1) is 9.73. The lowest BCUT2D eigenvalue weighted by molar-refractivity contribution is -0.385. The lowest BCUT2D eigenvalue weighted by atomic mass is 10.4. The SMILES string of the molecule is [CH2]N(C)c1ncc([N+](=O)[O-])cc1Cl. The molecule has 1 aromatic rings. The van der Waals surface area contributed by atoms with Gasteiger partial charge in [-0.2, -0.15) is 0 Å². The molecule has 0 amide bonds. The van der Waals surface area contributed by atoms with Crippen LogP contribution in [0.2, 0.25) is 5.02 Å². The van der Waals surface area contributed by atoms with Gasteiger partial charge in [-0.3, -0.25) is 10.1 Å². The number of nitro groups is 1. The highest BCUT2D eigenvalue weighted by molar-refractivity contribution is 6.33. The monoisotopic (exact) mass is 200 g/mol. The maximum absolute atomic E-state index is 10.3. The normalized spacial score (nSPS) is 9.77. The third-order valence-electron chi connectivity index (χ3n) is 1.38. The second-order valence-electron chi connectivity index (χ2n) is 2.45. The summed E-state index contributed by atoms with van der Waals surface area (Å²) < 4.78 is 0. The molecule has 1 heterocycles. The summed E-state index contributed by atoms with van der Waals surface area (Å²) >= 11 is 5.72. The Morgan fingerprint density at radius 3 is 2.77 bits per heavy atom. The van der Waals surface area contributed by atoms with Gasteiger partial charge in [-0.05, 0) is 0 Å². The number of hydrogen-bond donors (Lipinski definition) is 0. The van der Waals surface area contributed by atoms with Gasteiger partial charge in [-0.25, -0.2) is 4.98 Å². The Morgan fingerprint density at radius 2 is 2.38 bits per heavy atom. The maximum atomic E-state index is 10.3. The fraction of sp³-hybridized carbons (Fsp3) is 0.143. The van der Waals surface area contributed by atoms with Crippen molar-refractivity contribution in [2.75, 3.05) is 11.9 Å². The summed E-state index contributed by atoms with van der Waals surface area (Å²) in [5, 5.41) is 10.5. The number of hydrogen-bond acceptors (Lipinski definition) is 4. The van der Waals surface area contributed by atoms with E-state index >= 15 is 0 Å². The second-order valence-corrected chi connectivity index (χ2v) is 2.86. The second kappa shape index (κ2) is 3.57. The fourth-order valence-electron chi connectivity index (χ4n) is 0.801. The molecule has 1 radical (unpaired) electrons. The summed E-state index contributed by atoms with van der Waals surface area (Å²) in [7, 11) is 5.21. The van der Waals surface area contributed by atoms with E-state index in [0.717, 1.165) is 6.20 Å². The largest absolute Gasteiger partial charge is 0.357 e. The summed E-state index contributed by atoms with van der Waals surface area (Å²) in [5.74, 6) is 0.410. The van der Waals surface area contributed by atoms with Crippen molar-refractivity contribution in [2.45, 2.75) is 0 Å². The molecule has 13 heavy (non-hydrogen) atoms. The van der Waals surface area contributed by atoms with E-state index in [2.05, 4.69) is 12.0 Å². The van der Waals surface area contributed by atoms with Crippen LogP contribution in [0.3, 0.4) is 0 Å². The number of halogens is 1. The van der Waals surface area contributed by atoms with Gasteiger partial charge in [0.15, 0.2) is 0 Å². The van der Waals surface area contributed by atoms with Crippen molar-refractivity contribution in [3.05, 3.63) is 34.4 Å². The van der Waals surface area contributed by atoms with Crippen LogP contribution in [0.25, 0.3) is 0 Å². The van der Waals surface area contributed by atoms with Crippen LogP contribution in [0.5, 0.6) is 0 Å². The molecule has 0 fully saturated rings. The zero-order valence-corrected chi connectivity index (χ0v) is 7.65. The molecule has 0 aliphatic heterocycles. The van der Waals surface area contributed by atoms with Gasteiger partial charge in [0.25, 0.3) is 5.69 Å². The minimum Gasteiger partial charge on any atom is -0.357 e. The first-order valence-electron chi connectivity index (χ1n) is 3.36. The quantitative estimate of drug-likeness (QED) is 0.540. The van der Waals surface area contributed by atoms with Crippen LogP contribution in [-0.4, -0.2) is 17.0 Å². The number of nitrogens with zero attached hydrogens (tertiary/aromatic N) is 3. The molecule has 5 nitrogen and oxygen atoms in total. The zero-order valence-electron chi connectivity index (χ0n) is 6.90. The van der Waals surface area contributed by atoms with Crippen LogP contribution in [0.15, 0.2) is 12.3 Å². The fourth-order valence-corrected chi connectivity index (χ4v) is 1.11.